The summed E-state index contributed by atoms with van der Waals surface area (Å²) in [4.78, 5) is 24.6. The zero-order valence-electron chi connectivity index (χ0n) is 14.6. The molecule has 3 rings (SSSR count). The minimum atomic E-state index is -2.47. The predicted molar refractivity (Wildman–Crippen MR) is 92.3 cm³/mol. The van der Waals surface area contributed by atoms with Crippen molar-refractivity contribution in [1.82, 2.24) is 0 Å². The van der Waals surface area contributed by atoms with Crippen LogP contribution in [0.5, 0.6) is 0 Å². The van der Waals surface area contributed by atoms with Crippen molar-refractivity contribution < 1.29 is 33.3 Å². The van der Waals surface area contributed by atoms with Gasteiger partial charge in [0.05, 0.1) is 5.56 Å². The third kappa shape index (κ3) is 4.15. The van der Waals surface area contributed by atoms with E-state index in [-0.39, 0.29) is 12.2 Å². The highest BCUT2D eigenvalue weighted by atomic mass is 19.1. The summed E-state index contributed by atoms with van der Waals surface area (Å²) in [6, 6.07) is 16.8. The lowest BCUT2D eigenvalue weighted by Crippen LogP contribution is -2.46. The number of aliphatic hydroxyl groups is 1. The normalized spacial score (nSPS) is 27.1. The molecule has 7 heteroatoms. The SMILES string of the molecule is C[C@]1(F)[C@H](O)O[C@@H](C(=O)OCc2ccccc2)[C@H]1OC(=O)c1ccccc1. The van der Waals surface area contributed by atoms with Gasteiger partial charge in [0.25, 0.3) is 0 Å². The smallest absolute Gasteiger partial charge is 0.339 e. The van der Waals surface area contributed by atoms with Gasteiger partial charge in [0.1, 0.15) is 6.61 Å². The topological polar surface area (TPSA) is 82.1 Å². The van der Waals surface area contributed by atoms with Gasteiger partial charge in [-0.05, 0) is 24.6 Å². The highest BCUT2D eigenvalue weighted by Crippen LogP contribution is 2.36. The molecule has 27 heavy (non-hydrogen) atoms. The van der Waals surface area contributed by atoms with E-state index in [2.05, 4.69) is 0 Å². The van der Waals surface area contributed by atoms with Crippen molar-refractivity contribution in [2.24, 2.45) is 0 Å². The van der Waals surface area contributed by atoms with Crippen molar-refractivity contribution in [2.75, 3.05) is 0 Å². The molecule has 1 fully saturated rings. The van der Waals surface area contributed by atoms with Crippen molar-refractivity contribution in [3.8, 4) is 0 Å². The molecule has 2 aromatic carbocycles. The van der Waals surface area contributed by atoms with Crippen LogP contribution < -0.4 is 0 Å². The Labute approximate surface area is 155 Å². The first-order valence-corrected chi connectivity index (χ1v) is 8.38. The molecule has 0 spiro atoms. The molecule has 0 amide bonds. The van der Waals surface area contributed by atoms with Gasteiger partial charge >= 0.3 is 11.9 Å². The second-order valence-corrected chi connectivity index (χ2v) is 6.35. The summed E-state index contributed by atoms with van der Waals surface area (Å²) in [5.74, 6) is -1.76. The largest absolute Gasteiger partial charge is 0.459 e. The van der Waals surface area contributed by atoms with Crippen LogP contribution in [0.3, 0.4) is 0 Å². The van der Waals surface area contributed by atoms with Crippen LogP contribution in [0.1, 0.15) is 22.8 Å². The minimum Gasteiger partial charge on any atom is -0.459 e. The fraction of sp³-hybridized carbons (Fsp3) is 0.300. The van der Waals surface area contributed by atoms with Gasteiger partial charge in [0, 0.05) is 0 Å². The Kier molecular flexibility index (Phi) is 5.53. The number of rotatable bonds is 5. The fourth-order valence-electron chi connectivity index (χ4n) is 2.70. The summed E-state index contributed by atoms with van der Waals surface area (Å²) in [5, 5.41) is 9.82. The number of halogens is 1. The van der Waals surface area contributed by atoms with Crippen LogP contribution >= 0.6 is 0 Å². The summed E-state index contributed by atoms with van der Waals surface area (Å²) in [6.07, 6.45) is -5.16. The van der Waals surface area contributed by atoms with Crippen LogP contribution in [0.4, 0.5) is 4.39 Å². The molecule has 2 aromatic rings. The van der Waals surface area contributed by atoms with Crippen molar-refractivity contribution in [2.45, 2.75) is 37.7 Å². The Morgan fingerprint density at radius 1 is 1.11 bits per heavy atom. The average Bonchev–Trinajstić information content (AvgIpc) is 2.91. The van der Waals surface area contributed by atoms with E-state index in [1.165, 1.54) is 12.1 Å². The van der Waals surface area contributed by atoms with Crippen molar-refractivity contribution in [3.05, 3.63) is 71.8 Å². The third-order valence-corrected chi connectivity index (χ3v) is 4.29. The van der Waals surface area contributed by atoms with Crippen molar-refractivity contribution in [3.63, 3.8) is 0 Å². The Morgan fingerprint density at radius 3 is 2.33 bits per heavy atom. The number of hydrogen-bond acceptors (Lipinski definition) is 6. The lowest BCUT2D eigenvalue weighted by Gasteiger charge is -2.24. The van der Waals surface area contributed by atoms with E-state index in [4.69, 9.17) is 14.2 Å². The van der Waals surface area contributed by atoms with Gasteiger partial charge in [-0.25, -0.2) is 14.0 Å². The van der Waals surface area contributed by atoms with Gasteiger partial charge in [-0.2, -0.15) is 0 Å². The molecule has 1 N–H and O–H groups in total. The number of ether oxygens (including phenoxy) is 3. The molecular weight excluding hydrogens is 355 g/mol. The summed E-state index contributed by atoms with van der Waals surface area (Å²) in [6.45, 7) is 0.947. The van der Waals surface area contributed by atoms with Gasteiger partial charge in [0.15, 0.2) is 24.2 Å². The maximum absolute atomic E-state index is 14.9. The van der Waals surface area contributed by atoms with E-state index in [1.54, 1.807) is 42.5 Å². The predicted octanol–water partition coefficient (Wildman–Crippen LogP) is 2.40. The number of esters is 2. The van der Waals surface area contributed by atoms with E-state index in [9.17, 15) is 19.1 Å². The first-order chi connectivity index (χ1) is 12.9. The van der Waals surface area contributed by atoms with E-state index in [1.807, 2.05) is 6.07 Å². The van der Waals surface area contributed by atoms with Crippen LogP contribution in [0.25, 0.3) is 0 Å². The van der Waals surface area contributed by atoms with Gasteiger partial charge in [0.2, 0.25) is 0 Å². The quantitative estimate of drug-likeness (QED) is 0.810. The highest BCUT2D eigenvalue weighted by molar-refractivity contribution is 5.90. The van der Waals surface area contributed by atoms with Crippen LogP contribution in [-0.4, -0.2) is 41.2 Å². The van der Waals surface area contributed by atoms with Crippen molar-refractivity contribution in [1.29, 1.82) is 0 Å². The first-order valence-electron chi connectivity index (χ1n) is 8.38. The van der Waals surface area contributed by atoms with Gasteiger partial charge in [-0.1, -0.05) is 48.5 Å². The van der Waals surface area contributed by atoms with Gasteiger partial charge in [-0.15, -0.1) is 0 Å². The zero-order valence-corrected chi connectivity index (χ0v) is 14.6. The molecule has 0 bridgehead atoms. The maximum atomic E-state index is 14.9. The number of carbonyl (C=O) groups excluding carboxylic acids is 2. The van der Waals surface area contributed by atoms with Crippen LogP contribution in [0, 0.1) is 0 Å². The van der Waals surface area contributed by atoms with Gasteiger partial charge in [-0.3, -0.25) is 0 Å². The number of alkyl halides is 1. The molecule has 4 atom stereocenters. The molecule has 0 aliphatic carbocycles. The van der Waals surface area contributed by atoms with Crippen LogP contribution in [-0.2, 0) is 25.6 Å². The average molecular weight is 374 g/mol. The molecule has 142 valence electrons. The first kappa shape index (κ1) is 19.0. The number of aliphatic hydroxyl groups excluding tert-OH is 1. The van der Waals surface area contributed by atoms with Crippen LogP contribution in [0.2, 0.25) is 0 Å². The number of benzene rings is 2. The standard InChI is InChI=1S/C20H19FO6/c1-20(21)16(27-17(22)14-10-6-3-7-11-14)15(26-19(20)24)18(23)25-12-13-8-4-2-5-9-13/h2-11,15-16,19,24H,12H2,1H3/t15-,16-,19-,20-/m1/s1. The summed E-state index contributed by atoms with van der Waals surface area (Å²) >= 11 is 0. The molecule has 0 saturated carbocycles. The Hall–Kier alpha value is -2.77. The second kappa shape index (κ2) is 7.85. The number of hydrogen-bond donors (Lipinski definition) is 1. The van der Waals surface area contributed by atoms with E-state index in [0.29, 0.717) is 0 Å². The third-order valence-electron chi connectivity index (χ3n) is 4.29. The Morgan fingerprint density at radius 2 is 1.70 bits per heavy atom. The zero-order chi connectivity index (χ0) is 19.4. The number of carbonyl (C=O) groups is 2. The van der Waals surface area contributed by atoms with E-state index in [0.717, 1.165) is 12.5 Å². The van der Waals surface area contributed by atoms with E-state index < -0.39 is 36.1 Å². The molecule has 1 aliphatic heterocycles. The highest BCUT2D eigenvalue weighted by Gasteiger charge is 2.59. The van der Waals surface area contributed by atoms with Crippen LogP contribution in [0.15, 0.2) is 60.7 Å². The Balaban J connectivity index is 1.72. The summed E-state index contributed by atoms with van der Waals surface area (Å²) in [5.41, 5.74) is -1.56. The molecule has 0 unspecified atom stereocenters. The summed E-state index contributed by atoms with van der Waals surface area (Å²) in [7, 11) is 0. The fourth-order valence-corrected chi connectivity index (χ4v) is 2.70. The molecule has 1 saturated heterocycles. The lowest BCUT2D eigenvalue weighted by molar-refractivity contribution is -0.174. The lowest BCUT2D eigenvalue weighted by atomic mass is 9.99. The Bertz CT molecular complexity index is 793. The summed E-state index contributed by atoms with van der Waals surface area (Å²) < 4.78 is 30.2. The van der Waals surface area contributed by atoms with E-state index >= 15 is 0 Å². The molecule has 0 radical (unpaired) electrons. The molecule has 1 heterocycles. The minimum absolute atomic E-state index is 0.0576. The molecule has 6 nitrogen and oxygen atoms in total. The molecule has 1 aliphatic rings. The molecule has 0 aromatic heterocycles. The second-order valence-electron chi connectivity index (χ2n) is 6.35. The van der Waals surface area contributed by atoms with Gasteiger partial charge < -0.3 is 19.3 Å². The molecular formula is C20H19FO6. The van der Waals surface area contributed by atoms with Crippen molar-refractivity contribution >= 4 is 11.9 Å². The monoisotopic (exact) mass is 374 g/mol. The maximum Gasteiger partial charge on any atom is 0.339 e.